The maximum absolute atomic E-state index is 5.13. The summed E-state index contributed by atoms with van der Waals surface area (Å²) in [4.78, 5) is 0.830. The number of fused-ring (bicyclic) bond motifs is 1. The van der Waals surface area contributed by atoms with Crippen LogP contribution in [0.2, 0.25) is 0 Å². The molecule has 0 aliphatic rings. The molecular formula is C14H14N4OS. The first-order valence-corrected chi connectivity index (χ1v) is 7.15. The standard InChI is InChI=1S/C14H14N4OS/c1-3-12-15-16-14-18(12)17-13(20-14)9-6-10-4-7-11(19-2)8-5-10/h4-9H,3H2,1-2H3. The van der Waals surface area contributed by atoms with E-state index < -0.39 is 0 Å². The van der Waals surface area contributed by atoms with Crippen molar-refractivity contribution >= 4 is 28.4 Å². The van der Waals surface area contributed by atoms with Gasteiger partial charge in [0.25, 0.3) is 0 Å². The summed E-state index contributed by atoms with van der Waals surface area (Å²) in [5.74, 6) is 1.74. The van der Waals surface area contributed by atoms with Crippen LogP contribution in [0.5, 0.6) is 5.75 Å². The third-order valence-electron chi connectivity index (χ3n) is 2.92. The zero-order chi connectivity index (χ0) is 13.9. The molecule has 0 aliphatic carbocycles. The van der Waals surface area contributed by atoms with E-state index in [1.54, 1.807) is 11.6 Å². The Labute approximate surface area is 120 Å². The third-order valence-corrected chi connectivity index (χ3v) is 3.79. The predicted molar refractivity (Wildman–Crippen MR) is 80.0 cm³/mol. The van der Waals surface area contributed by atoms with Gasteiger partial charge in [0.1, 0.15) is 10.8 Å². The maximum atomic E-state index is 5.13. The highest BCUT2D eigenvalue weighted by Gasteiger charge is 2.08. The SMILES string of the molecule is CCc1nnc2sc(C=Cc3ccc(OC)cc3)nn12. The molecule has 5 nitrogen and oxygen atoms in total. The van der Waals surface area contributed by atoms with Gasteiger partial charge in [-0.3, -0.25) is 0 Å². The Morgan fingerprint density at radius 2 is 2.00 bits per heavy atom. The first kappa shape index (κ1) is 12.8. The molecule has 0 saturated carbocycles. The first-order valence-electron chi connectivity index (χ1n) is 6.33. The monoisotopic (exact) mass is 286 g/mol. The highest BCUT2D eigenvalue weighted by molar-refractivity contribution is 7.17. The first-order chi connectivity index (χ1) is 9.80. The Hall–Kier alpha value is -2.21. The highest BCUT2D eigenvalue weighted by Crippen LogP contribution is 2.18. The topological polar surface area (TPSA) is 52.3 Å². The van der Waals surface area contributed by atoms with E-state index in [0.717, 1.165) is 33.5 Å². The Morgan fingerprint density at radius 1 is 1.20 bits per heavy atom. The molecule has 2 heterocycles. The van der Waals surface area contributed by atoms with Gasteiger partial charge in [-0.1, -0.05) is 36.5 Å². The summed E-state index contributed by atoms with van der Waals surface area (Å²) in [6, 6.07) is 7.89. The predicted octanol–water partition coefficient (Wildman–Crippen LogP) is 2.93. The fraction of sp³-hybridized carbons (Fsp3) is 0.214. The van der Waals surface area contributed by atoms with Crippen molar-refractivity contribution in [3.8, 4) is 5.75 Å². The van der Waals surface area contributed by atoms with Crippen molar-refractivity contribution in [2.24, 2.45) is 0 Å². The molecule has 0 spiro atoms. The highest BCUT2D eigenvalue weighted by atomic mass is 32.1. The van der Waals surface area contributed by atoms with Gasteiger partial charge in [-0.15, -0.1) is 10.2 Å². The van der Waals surface area contributed by atoms with Gasteiger partial charge in [0.05, 0.1) is 7.11 Å². The number of ether oxygens (including phenoxy) is 1. The zero-order valence-electron chi connectivity index (χ0n) is 11.3. The maximum Gasteiger partial charge on any atom is 0.234 e. The third kappa shape index (κ3) is 2.42. The Bertz CT molecular complexity index is 742. The van der Waals surface area contributed by atoms with Crippen molar-refractivity contribution in [1.82, 2.24) is 19.8 Å². The number of rotatable bonds is 4. The smallest absolute Gasteiger partial charge is 0.234 e. The molecule has 3 aromatic rings. The number of aryl methyl sites for hydroxylation is 1. The molecule has 0 bridgehead atoms. The second kappa shape index (κ2) is 5.42. The number of benzene rings is 1. The Kier molecular flexibility index (Phi) is 3.47. The summed E-state index contributed by atoms with van der Waals surface area (Å²) in [6.45, 7) is 2.04. The van der Waals surface area contributed by atoms with Crippen molar-refractivity contribution < 1.29 is 4.74 Å². The van der Waals surface area contributed by atoms with E-state index in [2.05, 4.69) is 15.3 Å². The molecule has 0 aliphatic heterocycles. The van der Waals surface area contributed by atoms with Gasteiger partial charge in [0, 0.05) is 6.42 Å². The normalized spacial score (nSPS) is 11.5. The number of aromatic nitrogens is 4. The average Bonchev–Trinajstić information content (AvgIpc) is 3.05. The van der Waals surface area contributed by atoms with Gasteiger partial charge < -0.3 is 4.74 Å². The van der Waals surface area contributed by atoms with Crippen LogP contribution in [0.15, 0.2) is 24.3 Å². The number of hydrogen-bond donors (Lipinski definition) is 0. The van der Waals surface area contributed by atoms with E-state index in [4.69, 9.17) is 4.74 Å². The van der Waals surface area contributed by atoms with Crippen molar-refractivity contribution in [3.63, 3.8) is 0 Å². The molecule has 6 heteroatoms. The van der Waals surface area contributed by atoms with Crippen LogP contribution >= 0.6 is 11.3 Å². The molecule has 1 aromatic carbocycles. The molecular weight excluding hydrogens is 272 g/mol. The number of methoxy groups -OCH3 is 1. The second-order valence-corrected chi connectivity index (χ2v) is 5.20. The lowest BCUT2D eigenvalue weighted by atomic mass is 10.2. The fourth-order valence-corrected chi connectivity index (χ4v) is 2.60. The van der Waals surface area contributed by atoms with Crippen LogP contribution < -0.4 is 4.74 Å². The van der Waals surface area contributed by atoms with E-state index >= 15 is 0 Å². The molecule has 102 valence electrons. The summed E-state index contributed by atoms with van der Waals surface area (Å²) in [5.41, 5.74) is 1.10. The molecule has 3 rings (SSSR count). The summed E-state index contributed by atoms with van der Waals surface area (Å²) in [5, 5.41) is 13.6. The minimum absolute atomic E-state index is 0.826. The van der Waals surface area contributed by atoms with Crippen LogP contribution in [0.25, 0.3) is 17.1 Å². The van der Waals surface area contributed by atoms with Crippen molar-refractivity contribution in [3.05, 3.63) is 40.7 Å². The van der Waals surface area contributed by atoms with Crippen LogP contribution in [0.1, 0.15) is 23.3 Å². The Morgan fingerprint density at radius 3 is 2.70 bits per heavy atom. The van der Waals surface area contributed by atoms with Crippen molar-refractivity contribution in [2.75, 3.05) is 7.11 Å². The van der Waals surface area contributed by atoms with Crippen LogP contribution in [0.4, 0.5) is 0 Å². The summed E-state index contributed by atoms with van der Waals surface area (Å²) >= 11 is 1.53. The lowest BCUT2D eigenvalue weighted by Gasteiger charge is -1.98. The molecule has 0 atom stereocenters. The Balaban J connectivity index is 1.83. The molecule has 20 heavy (non-hydrogen) atoms. The minimum atomic E-state index is 0.826. The van der Waals surface area contributed by atoms with Gasteiger partial charge in [-0.05, 0) is 23.8 Å². The van der Waals surface area contributed by atoms with Gasteiger partial charge in [-0.25, -0.2) is 0 Å². The van der Waals surface area contributed by atoms with Gasteiger partial charge >= 0.3 is 0 Å². The minimum Gasteiger partial charge on any atom is -0.497 e. The number of nitrogens with zero attached hydrogens (tertiary/aromatic N) is 4. The largest absolute Gasteiger partial charge is 0.497 e. The van der Waals surface area contributed by atoms with E-state index in [0.29, 0.717) is 0 Å². The van der Waals surface area contributed by atoms with E-state index in [-0.39, 0.29) is 0 Å². The van der Waals surface area contributed by atoms with Crippen molar-refractivity contribution in [1.29, 1.82) is 0 Å². The average molecular weight is 286 g/mol. The molecule has 2 aromatic heterocycles. The summed E-state index contributed by atoms with van der Waals surface area (Å²) < 4.78 is 6.94. The lowest BCUT2D eigenvalue weighted by Crippen LogP contribution is -1.92. The molecule has 0 saturated heterocycles. The number of hydrogen-bond acceptors (Lipinski definition) is 5. The second-order valence-electron chi connectivity index (χ2n) is 4.21. The summed E-state index contributed by atoms with van der Waals surface area (Å²) in [7, 11) is 1.66. The van der Waals surface area contributed by atoms with E-state index in [1.807, 2.05) is 43.3 Å². The quantitative estimate of drug-likeness (QED) is 0.740. The fourth-order valence-electron chi connectivity index (χ4n) is 1.84. The molecule has 0 fully saturated rings. The summed E-state index contributed by atoms with van der Waals surface area (Å²) in [6.07, 6.45) is 4.84. The van der Waals surface area contributed by atoms with Crippen LogP contribution in [-0.2, 0) is 6.42 Å². The van der Waals surface area contributed by atoms with E-state index in [1.165, 1.54) is 11.3 Å². The van der Waals surface area contributed by atoms with Crippen molar-refractivity contribution in [2.45, 2.75) is 13.3 Å². The molecule has 0 unspecified atom stereocenters. The van der Waals surface area contributed by atoms with Gasteiger partial charge in [0.15, 0.2) is 5.82 Å². The zero-order valence-corrected chi connectivity index (χ0v) is 12.1. The van der Waals surface area contributed by atoms with Crippen LogP contribution in [-0.4, -0.2) is 26.9 Å². The van der Waals surface area contributed by atoms with Gasteiger partial charge in [-0.2, -0.15) is 9.61 Å². The van der Waals surface area contributed by atoms with Crippen LogP contribution in [0.3, 0.4) is 0 Å². The molecule has 0 N–H and O–H groups in total. The van der Waals surface area contributed by atoms with E-state index in [9.17, 15) is 0 Å². The lowest BCUT2D eigenvalue weighted by molar-refractivity contribution is 0.415. The molecule has 0 radical (unpaired) electrons. The van der Waals surface area contributed by atoms with Crippen LogP contribution in [0, 0.1) is 0 Å². The molecule has 0 amide bonds. The van der Waals surface area contributed by atoms with Gasteiger partial charge in [0.2, 0.25) is 4.96 Å².